The van der Waals surface area contributed by atoms with Crippen LogP contribution in [0.25, 0.3) is 0 Å². The average Bonchev–Trinajstić information content (AvgIpc) is 2.30. The number of hydrogen-bond acceptors (Lipinski definition) is 5. The summed E-state index contributed by atoms with van der Waals surface area (Å²) in [5, 5.41) is 13.5. The highest BCUT2D eigenvalue weighted by atomic mass is 16.5. The van der Waals surface area contributed by atoms with Crippen molar-refractivity contribution < 1.29 is 14.6 Å². The Balaban J connectivity index is 2.37. The number of methoxy groups -OCH3 is 1. The minimum atomic E-state index is -0.151. The number of phenols is 1. The predicted molar refractivity (Wildman–Crippen MR) is 62.0 cm³/mol. The van der Waals surface area contributed by atoms with Gasteiger partial charge in [-0.3, -0.25) is 4.79 Å². The van der Waals surface area contributed by atoms with Gasteiger partial charge in [0.1, 0.15) is 0 Å². The van der Waals surface area contributed by atoms with E-state index in [-0.39, 0.29) is 18.2 Å². The van der Waals surface area contributed by atoms with Gasteiger partial charge in [-0.15, -0.1) is 0 Å². The van der Waals surface area contributed by atoms with Crippen LogP contribution in [0.15, 0.2) is 23.3 Å². The minimum absolute atomic E-state index is 0.0688. The molecule has 0 aromatic heterocycles. The fourth-order valence-electron chi connectivity index (χ4n) is 1.63. The molecule has 2 N–H and O–H groups in total. The van der Waals surface area contributed by atoms with E-state index in [0.717, 1.165) is 5.56 Å². The van der Waals surface area contributed by atoms with Crippen LogP contribution in [0.3, 0.4) is 0 Å². The molecule has 0 fully saturated rings. The summed E-state index contributed by atoms with van der Waals surface area (Å²) in [5.74, 6) is 0.916. The van der Waals surface area contributed by atoms with Crippen LogP contribution in [0.1, 0.15) is 5.56 Å². The summed E-state index contributed by atoms with van der Waals surface area (Å²) in [6.45, 7) is 0.252. The third-order valence-electron chi connectivity index (χ3n) is 2.47. The number of likely N-dealkylation sites (N-methyl/N-ethyl adjacent to an activating group) is 1. The van der Waals surface area contributed by atoms with Crippen LogP contribution in [-0.2, 0) is 4.79 Å². The second kappa shape index (κ2) is 4.32. The molecular formula is C11H13N3O3. The Morgan fingerprint density at radius 2 is 2.29 bits per heavy atom. The number of nitrogens with zero attached hydrogens (tertiary/aromatic N) is 2. The second-order valence-electron chi connectivity index (χ2n) is 3.71. The maximum atomic E-state index is 11.1. The summed E-state index contributed by atoms with van der Waals surface area (Å²) in [7, 11) is 3.25. The first-order chi connectivity index (χ1) is 8.11. The number of carbonyl (C=O) groups excluding carboxylic acids is 1. The number of nitrogens with one attached hydrogen (secondary N) is 1. The van der Waals surface area contributed by atoms with Gasteiger partial charge < -0.3 is 14.7 Å². The standard InChI is InChI=1S/C11H13N3O3/c1-14-6-10(16)12-13-11(14)7-3-4-8(15)9(5-7)17-2/h3-5,15H,6H2,1-2H3,(H,12,16). The van der Waals surface area contributed by atoms with Crippen molar-refractivity contribution in [3.8, 4) is 11.5 Å². The summed E-state index contributed by atoms with van der Waals surface area (Å²) < 4.78 is 5.02. The molecule has 0 radical (unpaired) electrons. The van der Waals surface area contributed by atoms with Gasteiger partial charge >= 0.3 is 0 Å². The number of carbonyl (C=O) groups is 1. The second-order valence-corrected chi connectivity index (χ2v) is 3.71. The van der Waals surface area contributed by atoms with Crippen LogP contribution in [0.4, 0.5) is 0 Å². The van der Waals surface area contributed by atoms with Crippen LogP contribution in [0.2, 0.25) is 0 Å². The lowest BCUT2D eigenvalue weighted by molar-refractivity contribution is -0.121. The molecule has 90 valence electrons. The highest BCUT2D eigenvalue weighted by molar-refractivity contribution is 6.03. The molecule has 1 aromatic carbocycles. The highest BCUT2D eigenvalue weighted by Gasteiger charge is 2.19. The molecule has 0 bridgehead atoms. The molecule has 0 unspecified atom stereocenters. The van der Waals surface area contributed by atoms with Gasteiger partial charge in [0.05, 0.1) is 13.7 Å². The molecule has 2 rings (SSSR count). The zero-order valence-electron chi connectivity index (χ0n) is 9.60. The van der Waals surface area contributed by atoms with Crippen molar-refractivity contribution in [2.75, 3.05) is 20.7 Å². The molecule has 0 atom stereocenters. The van der Waals surface area contributed by atoms with Gasteiger partial charge in [0.25, 0.3) is 5.91 Å². The molecule has 0 saturated heterocycles. The van der Waals surface area contributed by atoms with E-state index in [1.54, 1.807) is 24.1 Å². The van der Waals surface area contributed by atoms with Gasteiger partial charge in [-0.2, -0.15) is 5.10 Å². The van der Waals surface area contributed by atoms with E-state index in [2.05, 4.69) is 10.5 Å². The Bertz CT molecular complexity index is 485. The number of aromatic hydroxyl groups is 1. The van der Waals surface area contributed by atoms with E-state index in [1.807, 2.05) is 0 Å². The SMILES string of the molecule is COc1cc(C2=NNC(=O)CN2C)ccc1O. The molecule has 0 saturated carbocycles. The van der Waals surface area contributed by atoms with E-state index in [4.69, 9.17) is 4.74 Å². The fraction of sp³-hybridized carbons (Fsp3) is 0.273. The van der Waals surface area contributed by atoms with Gasteiger partial charge in [0.2, 0.25) is 0 Å². The molecule has 6 heteroatoms. The van der Waals surface area contributed by atoms with Gasteiger partial charge in [-0.25, -0.2) is 5.43 Å². The van der Waals surface area contributed by atoms with Crippen LogP contribution < -0.4 is 10.2 Å². The molecule has 1 aliphatic rings. The number of hydrazone groups is 1. The fourth-order valence-corrected chi connectivity index (χ4v) is 1.63. The number of amidine groups is 1. The van der Waals surface area contributed by atoms with E-state index in [0.29, 0.717) is 11.6 Å². The Morgan fingerprint density at radius 1 is 1.53 bits per heavy atom. The number of benzene rings is 1. The Kier molecular flexibility index (Phi) is 2.86. The smallest absolute Gasteiger partial charge is 0.259 e. The number of ether oxygens (including phenoxy) is 1. The number of phenolic OH excluding ortho intramolecular Hbond substituents is 1. The number of hydrogen-bond donors (Lipinski definition) is 2. The summed E-state index contributed by atoms with van der Waals surface area (Å²) in [6.07, 6.45) is 0. The van der Waals surface area contributed by atoms with Crippen LogP contribution in [0, 0.1) is 0 Å². The monoisotopic (exact) mass is 235 g/mol. The molecule has 17 heavy (non-hydrogen) atoms. The molecule has 0 spiro atoms. The van der Waals surface area contributed by atoms with Crippen molar-refractivity contribution in [2.45, 2.75) is 0 Å². The lowest BCUT2D eigenvalue weighted by Crippen LogP contribution is -2.43. The summed E-state index contributed by atoms with van der Waals surface area (Å²) in [5.41, 5.74) is 3.18. The Hall–Kier alpha value is -2.24. The first-order valence-corrected chi connectivity index (χ1v) is 5.07. The lowest BCUT2D eigenvalue weighted by Gasteiger charge is -2.24. The molecule has 1 heterocycles. The third kappa shape index (κ3) is 2.15. The van der Waals surface area contributed by atoms with Gasteiger partial charge in [-0.05, 0) is 18.2 Å². The van der Waals surface area contributed by atoms with E-state index in [1.165, 1.54) is 13.2 Å². The zero-order chi connectivity index (χ0) is 12.4. The first-order valence-electron chi connectivity index (χ1n) is 5.07. The van der Waals surface area contributed by atoms with Crippen molar-refractivity contribution in [1.82, 2.24) is 10.3 Å². The molecule has 1 aliphatic heterocycles. The van der Waals surface area contributed by atoms with Crippen molar-refractivity contribution in [2.24, 2.45) is 5.10 Å². The highest BCUT2D eigenvalue weighted by Crippen LogP contribution is 2.27. The Morgan fingerprint density at radius 3 is 2.94 bits per heavy atom. The van der Waals surface area contributed by atoms with Gasteiger partial charge in [0, 0.05) is 12.6 Å². The maximum Gasteiger partial charge on any atom is 0.259 e. The van der Waals surface area contributed by atoms with Gasteiger partial charge in [-0.1, -0.05) is 0 Å². The summed E-state index contributed by atoms with van der Waals surface area (Å²) in [6, 6.07) is 4.91. The molecule has 1 amide bonds. The quantitative estimate of drug-likeness (QED) is 0.763. The first kappa shape index (κ1) is 11.3. The lowest BCUT2D eigenvalue weighted by atomic mass is 10.1. The van der Waals surface area contributed by atoms with Crippen molar-refractivity contribution in [1.29, 1.82) is 0 Å². The van der Waals surface area contributed by atoms with Crippen LogP contribution >= 0.6 is 0 Å². The van der Waals surface area contributed by atoms with Crippen molar-refractivity contribution in [3.05, 3.63) is 23.8 Å². The largest absolute Gasteiger partial charge is 0.504 e. The third-order valence-corrected chi connectivity index (χ3v) is 2.47. The van der Waals surface area contributed by atoms with Gasteiger partial charge in [0.15, 0.2) is 17.3 Å². The minimum Gasteiger partial charge on any atom is -0.504 e. The average molecular weight is 235 g/mol. The van der Waals surface area contributed by atoms with E-state index in [9.17, 15) is 9.90 Å². The van der Waals surface area contributed by atoms with Crippen molar-refractivity contribution in [3.63, 3.8) is 0 Å². The zero-order valence-corrected chi connectivity index (χ0v) is 9.60. The Labute approximate surface area is 98.5 Å². The normalized spacial score (nSPS) is 15.3. The maximum absolute atomic E-state index is 11.1. The summed E-state index contributed by atoms with van der Waals surface area (Å²) >= 11 is 0. The van der Waals surface area contributed by atoms with Crippen molar-refractivity contribution >= 4 is 11.7 Å². The molecule has 6 nitrogen and oxygen atoms in total. The van der Waals surface area contributed by atoms with Crippen LogP contribution in [0.5, 0.6) is 11.5 Å². The molecule has 1 aromatic rings. The number of rotatable bonds is 2. The number of amides is 1. The summed E-state index contributed by atoms with van der Waals surface area (Å²) in [4.78, 5) is 12.8. The predicted octanol–water partition coefficient (Wildman–Crippen LogP) is 0.124. The molecule has 0 aliphatic carbocycles. The van der Waals surface area contributed by atoms with E-state index >= 15 is 0 Å². The molecular weight excluding hydrogens is 222 g/mol. The van der Waals surface area contributed by atoms with E-state index < -0.39 is 0 Å². The van der Waals surface area contributed by atoms with Crippen LogP contribution in [-0.4, -0.2) is 42.5 Å². The topological polar surface area (TPSA) is 74.2 Å².